The molecule has 0 atom stereocenters. The number of aryl methyl sites for hydroxylation is 1. The summed E-state index contributed by atoms with van der Waals surface area (Å²) in [4.78, 5) is 8.03. The Hall–Kier alpha value is -2.66. The maximum atomic E-state index is 13.0. The first-order chi connectivity index (χ1) is 12.7. The topological polar surface area (TPSA) is 115 Å². The van der Waals surface area contributed by atoms with E-state index in [0.717, 1.165) is 5.56 Å². The van der Waals surface area contributed by atoms with Crippen LogP contribution in [0.1, 0.15) is 18.4 Å². The summed E-state index contributed by atoms with van der Waals surface area (Å²) in [5, 5.41) is 4.11. The van der Waals surface area contributed by atoms with Crippen LogP contribution < -0.4 is 10.5 Å². The number of nitrogen functional groups attached to an aromatic ring is 1. The average Bonchev–Trinajstić information content (AvgIpc) is 2.98. The van der Waals surface area contributed by atoms with Crippen molar-refractivity contribution >= 4 is 21.5 Å². The van der Waals surface area contributed by atoms with Crippen LogP contribution in [0.4, 0.5) is 14.6 Å². The van der Waals surface area contributed by atoms with Crippen molar-refractivity contribution in [1.29, 1.82) is 0 Å². The van der Waals surface area contributed by atoms with Gasteiger partial charge in [0.05, 0.1) is 16.8 Å². The fourth-order valence-corrected chi connectivity index (χ4v) is 4.36. The maximum Gasteiger partial charge on any atom is 0.251 e. The lowest BCUT2D eigenvalue weighted by Gasteiger charge is -2.35. The van der Waals surface area contributed by atoms with Gasteiger partial charge in [-0.05, 0) is 24.6 Å². The third-order valence-corrected chi connectivity index (χ3v) is 6.06. The Morgan fingerprint density at radius 2 is 2.04 bits per heavy atom. The summed E-state index contributed by atoms with van der Waals surface area (Å²) in [6.45, 7) is 1.82. The highest BCUT2D eigenvalue weighted by atomic mass is 32.2. The predicted molar refractivity (Wildman–Crippen MR) is 93.7 cm³/mol. The fourth-order valence-electron chi connectivity index (χ4n) is 3.09. The molecule has 0 bridgehead atoms. The van der Waals surface area contributed by atoms with Crippen molar-refractivity contribution < 1.29 is 17.2 Å². The molecule has 1 saturated carbocycles. The maximum absolute atomic E-state index is 13.0. The highest BCUT2D eigenvalue weighted by Crippen LogP contribution is 2.38. The number of aromatic nitrogens is 4. The van der Waals surface area contributed by atoms with Gasteiger partial charge in [-0.15, -0.1) is 0 Å². The van der Waals surface area contributed by atoms with Crippen molar-refractivity contribution in [3.63, 3.8) is 0 Å². The van der Waals surface area contributed by atoms with E-state index in [-0.39, 0.29) is 10.7 Å². The summed E-state index contributed by atoms with van der Waals surface area (Å²) in [7, 11) is -3.93. The minimum Gasteiger partial charge on any atom is -0.381 e. The summed E-state index contributed by atoms with van der Waals surface area (Å²) in [6, 6.07) is 3.78. The van der Waals surface area contributed by atoms with Crippen molar-refractivity contribution in [2.45, 2.75) is 36.6 Å². The Bertz CT molecular complexity index is 1140. The van der Waals surface area contributed by atoms with Gasteiger partial charge in [-0.1, -0.05) is 6.07 Å². The monoisotopic (exact) mass is 394 g/mol. The standard InChI is InChI=1S/C16H16F2N6O2S/c1-9-2-3-11(27(25,26)23-10-5-16(17,18)6-10)4-12(9)13-7-20-15-14(19)21-8-22-24(13)15/h2-4,7-8,10,23H,5-6H2,1H3,(H2,19,21,22). The van der Waals surface area contributed by atoms with Gasteiger partial charge >= 0.3 is 0 Å². The van der Waals surface area contributed by atoms with Crippen LogP contribution in [0.25, 0.3) is 16.9 Å². The van der Waals surface area contributed by atoms with Crippen molar-refractivity contribution in [3.05, 3.63) is 36.3 Å². The number of imidazole rings is 1. The number of sulfonamides is 1. The Labute approximate surface area is 153 Å². The number of nitrogens with zero attached hydrogens (tertiary/aromatic N) is 4. The molecule has 2 heterocycles. The first-order valence-electron chi connectivity index (χ1n) is 8.12. The van der Waals surface area contributed by atoms with Crippen LogP contribution in [0, 0.1) is 6.92 Å². The van der Waals surface area contributed by atoms with Crippen molar-refractivity contribution in [2.24, 2.45) is 0 Å². The van der Waals surface area contributed by atoms with E-state index in [1.807, 2.05) is 6.92 Å². The number of fused-ring (bicyclic) bond motifs is 1. The number of hydrogen-bond acceptors (Lipinski definition) is 6. The van der Waals surface area contributed by atoms with Crippen LogP contribution in [0.15, 0.2) is 35.6 Å². The lowest BCUT2D eigenvalue weighted by atomic mass is 9.89. The van der Waals surface area contributed by atoms with E-state index in [1.54, 1.807) is 6.07 Å². The third-order valence-electron chi connectivity index (χ3n) is 4.54. The molecule has 1 aromatic carbocycles. The van der Waals surface area contributed by atoms with Gasteiger partial charge in [-0.3, -0.25) is 0 Å². The van der Waals surface area contributed by atoms with Crippen LogP contribution in [0.3, 0.4) is 0 Å². The molecule has 8 nitrogen and oxygen atoms in total. The molecule has 0 saturated heterocycles. The third kappa shape index (κ3) is 3.12. The molecule has 3 aromatic rings. The van der Waals surface area contributed by atoms with Crippen LogP contribution in [0.2, 0.25) is 0 Å². The zero-order chi connectivity index (χ0) is 19.4. The first-order valence-corrected chi connectivity index (χ1v) is 9.60. The molecule has 0 radical (unpaired) electrons. The summed E-state index contributed by atoms with van der Waals surface area (Å²) in [5.74, 6) is -2.60. The number of hydrogen-bond donors (Lipinski definition) is 2. The Morgan fingerprint density at radius 3 is 2.74 bits per heavy atom. The van der Waals surface area contributed by atoms with Crippen LogP contribution in [0.5, 0.6) is 0 Å². The van der Waals surface area contributed by atoms with E-state index in [1.165, 1.54) is 29.2 Å². The summed E-state index contributed by atoms with van der Waals surface area (Å²) < 4.78 is 54.9. The van der Waals surface area contributed by atoms with E-state index in [9.17, 15) is 17.2 Å². The molecule has 2 aromatic heterocycles. The second-order valence-electron chi connectivity index (χ2n) is 6.58. The highest BCUT2D eigenvalue weighted by molar-refractivity contribution is 7.89. The van der Waals surface area contributed by atoms with E-state index >= 15 is 0 Å². The Morgan fingerprint density at radius 1 is 1.30 bits per heavy atom. The molecule has 4 rings (SSSR count). The van der Waals surface area contributed by atoms with E-state index < -0.39 is 34.8 Å². The minimum absolute atomic E-state index is 0.0182. The van der Waals surface area contributed by atoms with Crippen molar-refractivity contribution in [2.75, 3.05) is 5.73 Å². The molecule has 1 aliphatic carbocycles. The number of benzene rings is 1. The quantitative estimate of drug-likeness (QED) is 0.697. The largest absolute Gasteiger partial charge is 0.381 e. The second kappa shape index (κ2) is 5.92. The average molecular weight is 394 g/mol. The SMILES string of the molecule is Cc1ccc(S(=O)(=O)NC2CC(F)(F)C2)cc1-c1cnc2c(N)ncnn12. The number of alkyl halides is 2. The van der Waals surface area contributed by atoms with Crippen molar-refractivity contribution in [3.8, 4) is 11.3 Å². The number of nitrogens with two attached hydrogens (primary N) is 1. The molecule has 1 aliphatic rings. The Kier molecular flexibility index (Phi) is 3.89. The molecule has 142 valence electrons. The molecule has 0 aliphatic heterocycles. The molecular weight excluding hydrogens is 378 g/mol. The lowest BCUT2D eigenvalue weighted by molar-refractivity contribution is -0.0876. The summed E-state index contributed by atoms with van der Waals surface area (Å²) >= 11 is 0. The number of halogens is 2. The Balaban J connectivity index is 1.72. The smallest absolute Gasteiger partial charge is 0.251 e. The van der Waals surface area contributed by atoms with Crippen molar-refractivity contribution in [1.82, 2.24) is 24.3 Å². The summed E-state index contributed by atoms with van der Waals surface area (Å²) in [5.41, 5.74) is 8.06. The van der Waals surface area contributed by atoms with Gasteiger partial charge in [0.1, 0.15) is 6.33 Å². The normalized spacial score (nSPS) is 17.1. The molecule has 27 heavy (non-hydrogen) atoms. The minimum atomic E-state index is -3.93. The van der Waals surface area contributed by atoms with E-state index in [0.29, 0.717) is 16.9 Å². The van der Waals surface area contributed by atoms with E-state index in [4.69, 9.17) is 5.73 Å². The molecule has 3 N–H and O–H groups in total. The number of nitrogens with one attached hydrogen (secondary N) is 1. The number of anilines is 1. The van der Waals surface area contributed by atoms with Crippen LogP contribution in [-0.2, 0) is 10.0 Å². The van der Waals surface area contributed by atoms with Crippen LogP contribution >= 0.6 is 0 Å². The van der Waals surface area contributed by atoms with Gasteiger partial charge in [-0.2, -0.15) is 5.10 Å². The van der Waals surface area contributed by atoms with Gasteiger partial charge in [0, 0.05) is 24.4 Å². The molecule has 0 unspecified atom stereocenters. The zero-order valence-corrected chi connectivity index (χ0v) is 15.0. The first kappa shape index (κ1) is 17.7. The number of rotatable bonds is 4. The molecule has 11 heteroatoms. The summed E-state index contributed by atoms with van der Waals surface area (Å²) in [6.07, 6.45) is 1.82. The fraction of sp³-hybridized carbons (Fsp3) is 0.312. The van der Waals surface area contributed by atoms with Gasteiger partial charge in [0.2, 0.25) is 10.0 Å². The zero-order valence-electron chi connectivity index (χ0n) is 14.2. The highest BCUT2D eigenvalue weighted by Gasteiger charge is 2.46. The molecular formula is C16H16F2N6O2S. The second-order valence-corrected chi connectivity index (χ2v) is 8.30. The van der Waals surface area contributed by atoms with Crippen LogP contribution in [-0.4, -0.2) is 40.0 Å². The molecule has 0 amide bonds. The molecule has 1 fully saturated rings. The van der Waals surface area contributed by atoms with E-state index in [2.05, 4.69) is 19.8 Å². The molecule has 0 spiro atoms. The van der Waals surface area contributed by atoms with Gasteiger partial charge in [0.25, 0.3) is 5.92 Å². The van der Waals surface area contributed by atoms with Gasteiger partial charge in [-0.25, -0.2) is 36.4 Å². The lowest BCUT2D eigenvalue weighted by Crippen LogP contribution is -2.50. The predicted octanol–water partition coefficient (Wildman–Crippen LogP) is 1.76. The van der Waals surface area contributed by atoms with Gasteiger partial charge in [0.15, 0.2) is 11.5 Å². The van der Waals surface area contributed by atoms with Gasteiger partial charge < -0.3 is 5.73 Å².